The fourth-order valence-corrected chi connectivity index (χ4v) is 2.11. The fraction of sp³-hybridized carbons (Fsp3) is 0.364. The molecule has 0 spiro atoms. The van der Waals surface area contributed by atoms with Gasteiger partial charge in [-0.1, -0.05) is 0 Å². The van der Waals surface area contributed by atoms with E-state index < -0.39 is 36.7 Å². The van der Waals surface area contributed by atoms with Gasteiger partial charge in [0.25, 0.3) is 11.8 Å². The zero-order chi connectivity index (χ0) is 14.4. The molecule has 0 saturated carbocycles. The molecule has 19 heavy (non-hydrogen) atoms. The highest BCUT2D eigenvalue weighted by Gasteiger charge is 2.46. The smallest absolute Gasteiger partial charge is 0.326 e. The molecule has 0 aromatic heterocycles. The van der Waals surface area contributed by atoms with Crippen molar-refractivity contribution in [1.29, 1.82) is 0 Å². The molecule has 0 atom stereocenters. The average molecular weight is 344 g/mol. The van der Waals surface area contributed by atoms with Crippen molar-refractivity contribution in [2.75, 3.05) is 13.1 Å². The van der Waals surface area contributed by atoms with Crippen molar-refractivity contribution >= 4 is 21.8 Å². The van der Waals surface area contributed by atoms with Gasteiger partial charge in [0.15, 0.2) is 0 Å². The number of alkyl halides is 5. The van der Waals surface area contributed by atoms with Gasteiger partial charge in [-0.3, -0.25) is 4.79 Å². The summed E-state index contributed by atoms with van der Waals surface area (Å²) in [4.78, 5) is 12.6. The Hall–Kier alpha value is -1.18. The van der Waals surface area contributed by atoms with E-state index in [9.17, 15) is 26.7 Å². The Balaban J connectivity index is 2.27. The van der Waals surface area contributed by atoms with Crippen molar-refractivity contribution in [1.82, 2.24) is 4.90 Å². The summed E-state index contributed by atoms with van der Waals surface area (Å²) in [5.74, 6) is -3.80. The van der Waals surface area contributed by atoms with E-state index in [0.29, 0.717) is 6.07 Å². The van der Waals surface area contributed by atoms with Crippen LogP contribution in [0.5, 0.6) is 0 Å². The van der Waals surface area contributed by atoms with Crippen LogP contribution in [0.3, 0.4) is 0 Å². The van der Waals surface area contributed by atoms with Crippen LogP contribution in [0.15, 0.2) is 22.7 Å². The number of nitrogens with zero attached hydrogens (tertiary/aromatic N) is 1. The van der Waals surface area contributed by atoms with E-state index in [4.69, 9.17) is 0 Å². The number of carbonyl (C=O) groups is 1. The molecule has 0 bridgehead atoms. The highest BCUT2D eigenvalue weighted by Crippen LogP contribution is 2.34. The molecule has 1 amide bonds. The maximum atomic E-state index is 12.6. The highest BCUT2D eigenvalue weighted by atomic mass is 79.9. The lowest BCUT2D eigenvalue weighted by atomic mass is 10.1. The van der Waals surface area contributed by atoms with Crippen LogP contribution in [0.25, 0.3) is 0 Å². The number of hydrogen-bond acceptors (Lipinski definition) is 1. The predicted molar refractivity (Wildman–Crippen MR) is 60.0 cm³/mol. The lowest BCUT2D eigenvalue weighted by Gasteiger charge is -2.38. The first-order chi connectivity index (χ1) is 8.60. The third-order valence-electron chi connectivity index (χ3n) is 2.66. The van der Waals surface area contributed by atoms with Crippen molar-refractivity contribution in [3.8, 4) is 0 Å². The van der Waals surface area contributed by atoms with Gasteiger partial charge < -0.3 is 4.90 Å². The van der Waals surface area contributed by atoms with Crippen molar-refractivity contribution < 1.29 is 26.7 Å². The largest absolute Gasteiger partial charge is 0.416 e. The van der Waals surface area contributed by atoms with Gasteiger partial charge in [0.1, 0.15) is 0 Å². The molecule has 2 nitrogen and oxygen atoms in total. The summed E-state index contributed by atoms with van der Waals surface area (Å²) in [6.45, 7) is -1.54. The molecule has 0 N–H and O–H groups in total. The molecule has 1 aromatic rings. The van der Waals surface area contributed by atoms with Crippen molar-refractivity contribution in [2.24, 2.45) is 0 Å². The van der Waals surface area contributed by atoms with Crippen LogP contribution in [-0.4, -0.2) is 29.8 Å². The monoisotopic (exact) mass is 343 g/mol. The van der Waals surface area contributed by atoms with Gasteiger partial charge in [0, 0.05) is 4.47 Å². The van der Waals surface area contributed by atoms with Crippen LogP contribution in [-0.2, 0) is 6.18 Å². The van der Waals surface area contributed by atoms with E-state index in [0.717, 1.165) is 17.0 Å². The van der Waals surface area contributed by atoms with Crippen LogP contribution in [0.2, 0.25) is 0 Å². The third-order valence-corrected chi connectivity index (χ3v) is 3.35. The number of likely N-dealkylation sites (tertiary alicyclic amines) is 1. The molecule has 1 saturated heterocycles. The number of benzene rings is 1. The number of amides is 1. The molecule has 1 heterocycles. The van der Waals surface area contributed by atoms with Gasteiger partial charge in [-0.25, -0.2) is 8.78 Å². The molecule has 0 aliphatic carbocycles. The van der Waals surface area contributed by atoms with E-state index in [1.54, 1.807) is 0 Å². The minimum atomic E-state index is -4.59. The Morgan fingerprint density at radius 2 is 1.84 bits per heavy atom. The Morgan fingerprint density at radius 1 is 1.26 bits per heavy atom. The van der Waals surface area contributed by atoms with Gasteiger partial charge in [-0.05, 0) is 34.1 Å². The first-order valence-electron chi connectivity index (χ1n) is 5.14. The molecule has 1 aliphatic rings. The molecule has 8 heteroatoms. The number of hydrogen-bond donors (Lipinski definition) is 0. The van der Waals surface area contributed by atoms with Crippen LogP contribution in [0.4, 0.5) is 22.0 Å². The van der Waals surface area contributed by atoms with Gasteiger partial charge >= 0.3 is 6.18 Å². The summed E-state index contributed by atoms with van der Waals surface area (Å²) in [5.41, 5.74) is -1.27. The Labute approximate surface area is 113 Å². The maximum absolute atomic E-state index is 12.6. The minimum absolute atomic E-state index is 0.140. The Morgan fingerprint density at radius 3 is 2.32 bits per heavy atom. The summed E-state index contributed by atoms with van der Waals surface area (Å²) in [6.07, 6.45) is -4.59. The van der Waals surface area contributed by atoms with E-state index in [2.05, 4.69) is 15.9 Å². The lowest BCUT2D eigenvalue weighted by Crippen LogP contribution is -2.58. The lowest BCUT2D eigenvalue weighted by molar-refractivity contribution is -0.137. The SMILES string of the molecule is O=C(c1cc(C(F)(F)F)ccc1Br)N1CC(F)(F)C1. The third kappa shape index (κ3) is 2.88. The van der Waals surface area contributed by atoms with E-state index in [-0.39, 0.29) is 10.0 Å². The maximum Gasteiger partial charge on any atom is 0.416 e. The van der Waals surface area contributed by atoms with Crippen LogP contribution in [0.1, 0.15) is 15.9 Å². The Kier molecular flexibility index (Phi) is 3.32. The van der Waals surface area contributed by atoms with E-state index in [1.165, 1.54) is 0 Å². The second-order valence-electron chi connectivity index (χ2n) is 4.21. The standard InChI is InChI=1S/C11H7BrF5NO/c12-8-2-1-6(11(15,16)17)3-7(8)9(19)18-4-10(13,14)5-18/h1-3H,4-5H2. The van der Waals surface area contributed by atoms with Crippen LogP contribution >= 0.6 is 15.9 Å². The van der Waals surface area contributed by atoms with Gasteiger partial charge in [0.2, 0.25) is 0 Å². The summed E-state index contributed by atoms with van der Waals surface area (Å²) < 4.78 is 63.0. The second-order valence-corrected chi connectivity index (χ2v) is 5.06. The van der Waals surface area contributed by atoms with Gasteiger partial charge in [0.05, 0.1) is 24.2 Å². The molecule has 2 rings (SSSR count). The van der Waals surface area contributed by atoms with Crippen LogP contribution in [0, 0.1) is 0 Å². The Bertz CT molecular complexity index is 520. The number of halogens is 6. The van der Waals surface area contributed by atoms with Crippen molar-refractivity contribution in [2.45, 2.75) is 12.1 Å². The summed E-state index contributed by atoms with van der Waals surface area (Å²) in [7, 11) is 0. The van der Waals surface area contributed by atoms with Crippen molar-refractivity contribution in [3.05, 3.63) is 33.8 Å². The summed E-state index contributed by atoms with van der Waals surface area (Å²) in [6, 6.07) is 2.54. The van der Waals surface area contributed by atoms with Crippen molar-refractivity contribution in [3.63, 3.8) is 0 Å². The summed E-state index contributed by atoms with van der Waals surface area (Å²) >= 11 is 2.95. The van der Waals surface area contributed by atoms with E-state index in [1.807, 2.05) is 0 Å². The first-order valence-corrected chi connectivity index (χ1v) is 5.93. The zero-order valence-electron chi connectivity index (χ0n) is 9.27. The zero-order valence-corrected chi connectivity index (χ0v) is 10.9. The molecule has 104 valence electrons. The second kappa shape index (κ2) is 4.43. The summed E-state index contributed by atoms with van der Waals surface area (Å²) in [5, 5.41) is 0. The molecule has 1 fully saturated rings. The quantitative estimate of drug-likeness (QED) is 0.714. The topological polar surface area (TPSA) is 20.3 Å². The molecular weight excluding hydrogens is 337 g/mol. The van der Waals surface area contributed by atoms with Gasteiger partial charge in [-0.2, -0.15) is 13.2 Å². The van der Waals surface area contributed by atoms with E-state index >= 15 is 0 Å². The fourth-order valence-electron chi connectivity index (χ4n) is 1.69. The average Bonchev–Trinajstić information content (AvgIpc) is 2.23. The van der Waals surface area contributed by atoms with Crippen LogP contribution < -0.4 is 0 Å². The molecule has 1 aromatic carbocycles. The molecule has 1 aliphatic heterocycles. The first kappa shape index (κ1) is 14.2. The van der Waals surface area contributed by atoms with Gasteiger partial charge in [-0.15, -0.1) is 0 Å². The number of carbonyl (C=O) groups excluding carboxylic acids is 1. The predicted octanol–water partition coefficient (Wildman–Crippen LogP) is 3.56. The number of rotatable bonds is 1. The molecule has 0 unspecified atom stereocenters. The normalized spacial score (nSPS) is 18.1. The minimum Gasteiger partial charge on any atom is -0.326 e. The molecule has 0 radical (unpaired) electrons. The highest BCUT2D eigenvalue weighted by molar-refractivity contribution is 9.10. The molecular formula is C11H7BrF5NO.